The molecule has 7 nitrogen and oxygen atoms in total. The van der Waals surface area contributed by atoms with Gasteiger partial charge in [-0.15, -0.1) is 11.3 Å². The molecule has 0 aromatic carbocycles. The van der Waals surface area contributed by atoms with Gasteiger partial charge >= 0.3 is 5.97 Å². The number of primary amides is 1. The highest BCUT2D eigenvalue weighted by molar-refractivity contribution is 7.14. The lowest BCUT2D eigenvalue weighted by Gasteiger charge is -2.08. The van der Waals surface area contributed by atoms with Crippen LogP contribution in [0.1, 0.15) is 64.1 Å². The second-order valence-corrected chi connectivity index (χ2v) is 6.98. The van der Waals surface area contributed by atoms with E-state index in [-0.39, 0.29) is 0 Å². The van der Waals surface area contributed by atoms with Crippen LogP contribution in [0.2, 0.25) is 0 Å². The predicted molar refractivity (Wildman–Crippen MR) is 99.7 cm³/mol. The highest BCUT2D eigenvalue weighted by atomic mass is 32.1. The molecule has 0 fully saturated rings. The molecule has 0 bridgehead atoms. The molecule has 0 aliphatic carbocycles. The van der Waals surface area contributed by atoms with Gasteiger partial charge in [0.05, 0.1) is 11.4 Å². The molecule has 8 heteroatoms. The first-order valence-corrected chi connectivity index (χ1v) is 9.26. The Morgan fingerprint density at radius 2 is 2.08 bits per heavy atom. The van der Waals surface area contributed by atoms with Gasteiger partial charge < -0.3 is 15.0 Å². The Hall–Kier alpha value is -2.48. The van der Waals surface area contributed by atoms with Crippen molar-refractivity contribution in [2.75, 3.05) is 0 Å². The van der Waals surface area contributed by atoms with Gasteiger partial charge in [-0.25, -0.2) is 9.78 Å². The molecule has 2 N–H and O–H groups in total. The summed E-state index contributed by atoms with van der Waals surface area (Å²) in [5.41, 5.74) is 7.52. The van der Waals surface area contributed by atoms with E-state index in [1.54, 1.807) is 6.92 Å². The van der Waals surface area contributed by atoms with E-state index in [9.17, 15) is 9.59 Å². The van der Waals surface area contributed by atoms with E-state index in [1.165, 1.54) is 18.3 Å². The standard InChI is InChI=1S/C18H23N3O4S/c1-5-6-7-14-13(11(3)25-21-14)8-9-15-20-10(2)16(26-15)18(23)24-12(4)17(19)22/h8-9,12H,5-7H2,1-4H3,(H2,19,22). The first-order chi connectivity index (χ1) is 12.3. The first kappa shape index (κ1) is 19.8. The molecule has 2 aromatic heterocycles. The maximum absolute atomic E-state index is 12.1. The number of hydrogen-bond donors (Lipinski definition) is 1. The summed E-state index contributed by atoms with van der Waals surface area (Å²) in [4.78, 5) is 27.9. The highest BCUT2D eigenvalue weighted by Crippen LogP contribution is 2.24. The van der Waals surface area contributed by atoms with Crippen LogP contribution in [0, 0.1) is 13.8 Å². The number of nitrogens with two attached hydrogens (primary N) is 1. The zero-order valence-electron chi connectivity index (χ0n) is 15.4. The number of carbonyl (C=O) groups excluding carboxylic acids is 2. The summed E-state index contributed by atoms with van der Waals surface area (Å²) in [6.07, 6.45) is 5.71. The van der Waals surface area contributed by atoms with Crippen LogP contribution in [0.3, 0.4) is 0 Å². The average molecular weight is 377 g/mol. The summed E-state index contributed by atoms with van der Waals surface area (Å²) in [5.74, 6) is -0.547. The van der Waals surface area contributed by atoms with Gasteiger partial charge in [-0.2, -0.15) is 0 Å². The van der Waals surface area contributed by atoms with Crippen molar-refractivity contribution < 1.29 is 18.8 Å². The van der Waals surface area contributed by atoms with E-state index in [1.807, 2.05) is 19.1 Å². The van der Waals surface area contributed by atoms with Crippen molar-refractivity contribution in [3.05, 3.63) is 32.6 Å². The fraction of sp³-hybridized carbons (Fsp3) is 0.444. The molecule has 2 heterocycles. The normalized spacial score (nSPS) is 12.5. The topological polar surface area (TPSA) is 108 Å². The summed E-state index contributed by atoms with van der Waals surface area (Å²) in [6, 6.07) is 0. The van der Waals surface area contributed by atoms with E-state index in [0.717, 1.165) is 36.3 Å². The van der Waals surface area contributed by atoms with Crippen molar-refractivity contribution in [3.8, 4) is 0 Å². The third-order valence-corrected chi connectivity index (χ3v) is 4.93. The summed E-state index contributed by atoms with van der Waals surface area (Å²) < 4.78 is 10.3. The first-order valence-electron chi connectivity index (χ1n) is 8.44. The molecule has 1 amide bonds. The quantitative estimate of drug-likeness (QED) is 0.707. The molecular formula is C18H23N3O4S. The molecule has 2 rings (SSSR count). The van der Waals surface area contributed by atoms with Crippen LogP contribution in [0.4, 0.5) is 0 Å². The molecule has 1 unspecified atom stereocenters. The second-order valence-electron chi connectivity index (χ2n) is 5.95. The molecule has 1 atom stereocenters. The zero-order chi connectivity index (χ0) is 19.3. The summed E-state index contributed by atoms with van der Waals surface area (Å²) in [5, 5.41) is 4.76. The lowest BCUT2D eigenvalue weighted by Crippen LogP contribution is -2.30. The number of thiazole rings is 1. The molecule has 0 aliphatic heterocycles. The number of nitrogens with zero attached hydrogens (tertiary/aromatic N) is 2. The SMILES string of the molecule is CCCCc1noc(C)c1C=Cc1nc(C)c(C(=O)OC(C)C(N)=O)s1. The van der Waals surface area contributed by atoms with Crippen LogP contribution in [0.5, 0.6) is 0 Å². The van der Waals surface area contributed by atoms with Gasteiger partial charge in [0.1, 0.15) is 15.6 Å². The highest BCUT2D eigenvalue weighted by Gasteiger charge is 2.21. The number of aromatic nitrogens is 2. The zero-order valence-corrected chi connectivity index (χ0v) is 16.2. The lowest BCUT2D eigenvalue weighted by molar-refractivity contribution is -0.125. The molecule has 140 valence electrons. The van der Waals surface area contributed by atoms with Gasteiger partial charge in [0.2, 0.25) is 0 Å². The van der Waals surface area contributed by atoms with Crippen molar-refractivity contribution in [1.29, 1.82) is 0 Å². The molecule has 0 saturated heterocycles. The van der Waals surface area contributed by atoms with Crippen molar-refractivity contribution in [1.82, 2.24) is 10.1 Å². The van der Waals surface area contributed by atoms with Crippen molar-refractivity contribution >= 4 is 35.4 Å². The Morgan fingerprint density at radius 1 is 1.35 bits per heavy atom. The van der Waals surface area contributed by atoms with Crippen LogP contribution >= 0.6 is 11.3 Å². The summed E-state index contributed by atoms with van der Waals surface area (Å²) >= 11 is 1.20. The minimum Gasteiger partial charge on any atom is -0.448 e. The number of unbranched alkanes of at least 4 members (excludes halogenated alkanes) is 1. The Labute approximate surface area is 156 Å². The van der Waals surface area contributed by atoms with E-state index < -0.39 is 18.0 Å². The van der Waals surface area contributed by atoms with Crippen molar-refractivity contribution in [2.24, 2.45) is 5.73 Å². The Morgan fingerprint density at radius 3 is 2.73 bits per heavy atom. The summed E-state index contributed by atoms with van der Waals surface area (Å²) in [7, 11) is 0. The van der Waals surface area contributed by atoms with E-state index >= 15 is 0 Å². The fourth-order valence-corrected chi connectivity index (χ4v) is 3.12. The molecule has 0 radical (unpaired) electrons. The van der Waals surface area contributed by atoms with Gasteiger partial charge in [0, 0.05) is 5.56 Å². The van der Waals surface area contributed by atoms with Gasteiger partial charge in [0.15, 0.2) is 6.10 Å². The van der Waals surface area contributed by atoms with Crippen LogP contribution in [-0.2, 0) is 16.0 Å². The van der Waals surface area contributed by atoms with Crippen LogP contribution in [0.25, 0.3) is 12.2 Å². The minimum atomic E-state index is -0.983. The van der Waals surface area contributed by atoms with E-state index in [2.05, 4.69) is 17.1 Å². The van der Waals surface area contributed by atoms with Gasteiger partial charge in [-0.1, -0.05) is 18.5 Å². The maximum atomic E-state index is 12.1. The monoisotopic (exact) mass is 377 g/mol. The Balaban J connectivity index is 2.17. The largest absolute Gasteiger partial charge is 0.448 e. The van der Waals surface area contributed by atoms with Gasteiger partial charge in [-0.3, -0.25) is 4.79 Å². The smallest absolute Gasteiger partial charge is 0.351 e. The number of esters is 1. The van der Waals surface area contributed by atoms with Crippen LogP contribution in [-0.4, -0.2) is 28.1 Å². The molecular weight excluding hydrogens is 354 g/mol. The molecule has 0 aliphatic rings. The van der Waals surface area contributed by atoms with Crippen LogP contribution < -0.4 is 5.73 Å². The molecule has 26 heavy (non-hydrogen) atoms. The molecule has 2 aromatic rings. The van der Waals surface area contributed by atoms with E-state index in [0.29, 0.717) is 15.6 Å². The van der Waals surface area contributed by atoms with Crippen molar-refractivity contribution in [3.63, 3.8) is 0 Å². The number of aryl methyl sites for hydroxylation is 3. The number of carbonyl (C=O) groups is 2. The summed E-state index contributed by atoms with van der Waals surface area (Å²) in [6.45, 7) is 7.14. The van der Waals surface area contributed by atoms with E-state index in [4.69, 9.17) is 15.0 Å². The van der Waals surface area contributed by atoms with Gasteiger partial charge in [-0.05, 0) is 45.8 Å². The minimum absolute atomic E-state index is 0.353. The fourth-order valence-electron chi connectivity index (χ4n) is 2.27. The number of rotatable bonds is 8. The third-order valence-electron chi connectivity index (χ3n) is 3.83. The third kappa shape index (κ3) is 4.78. The number of ether oxygens (including phenoxy) is 1. The Bertz CT molecular complexity index is 823. The molecule has 0 spiro atoms. The lowest BCUT2D eigenvalue weighted by atomic mass is 10.1. The second kappa shape index (κ2) is 8.75. The predicted octanol–water partition coefficient (Wildman–Crippen LogP) is 3.29. The maximum Gasteiger partial charge on any atom is 0.351 e. The average Bonchev–Trinajstić information content (AvgIpc) is 3.13. The Kier molecular flexibility index (Phi) is 6.68. The number of amides is 1. The van der Waals surface area contributed by atoms with Crippen molar-refractivity contribution in [2.45, 2.75) is 53.1 Å². The van der Waals surface area contributed by atoms with Crippen LogP contribution in [0.15, 0.2) is 4.52 Å². The molecule has 0 saturated carbocycles. The number of hydrogen-bond acceptors (Lipinski definition) is 7. The van der Waals surface area contributed by atoms with Gasteiger partial charge in [0.25, 0.3) is 5.91 Å².